The van der Waals surface area contributed by atoms with Crippen LogP contribution in [-0.4, -0.2) is 42.6 Å². The molecule has 84 valence electrons. The van der Waals surface area contributed by atoms with Crippen LogP contribution in [0.5, 0.6) is 0 Å². The van der Waals surface area contributed by atoms with Crippen molar-refractivity contribution in [2.45, 2.75) is 38.6 Å². The Balaban J connectivity index is 1.96. The Bertz CT molecular complexity index is 139. The van der Waals surface area contributed by atoms with Crippen molar-refractivity contribution in [2.75, 3.05) is 31.6 Å². The summed E-state index contributed by atoms with van der Waals surface area (Å²) in [5.74, 6) is 0. The van der Waals surface area contributed by atoms with E-state index in [2.05, 4.69) is 27.8 Å². The molecule has 1 aliphatic rings. The van der Waals surface area contributed by atoms with Crippen LogP contribution >= 0.6 is 15.9 Å². The maximum Gasteiger partial charge on any atom is 0.0593 e. The Kier molecular flexibility index (Phi) is 6.82. The van der Waals surface area contributed by atoms with Gasteiger partial charge in [0, 0.05) is 31.1 Å². The second-order valence-electron chi connectivity index (χ2n) is 3.92. The zero-order chi connectivity index (χ0) is 10.2. The van der Waals surface area contributed by atoms with Crippen molar-refractivity contribution in [1.82, 2.24) is 4.90 Å². The molecule has 0 atom stereocenters. The summed E-state index contributed by atoms with van der Waals surface area (Å²) in [5, 5.41) is 1.08. The van der Waals surface area contributed by atoms with Gasteiger partial charge in [-0.25, -0.2) is 0 Å². The van der Waals surface area contributed by atoms with Crippen LogP contribution in [0.4, 0.5) is 0 Å². The molecule has 0 amide bonds. The van der Waals surface area contributed by atoms with Gasteiger partial charge in [-0.2, -0.15) is 0 Å². The maximum atomic E-state index is 5.57. The van der Waals surface area contributed by atoms with E-state index >= 15 is 0 Å². The van der Waals surface area contributed by atoms with Gasteiger partial charge in [0.25, 0.3) is 0 Å². The fourth-order valence-electron chi connectivity index (χ4n) is 1.56. The van der Waals surface area contributed by atoms with Crippen molar-refractivity contribution in [3.8, 4) is 0 Å². The maximum absolute atomic E-state index is 5.57. The third-order valence-corrected chi connectivity index (χ3v) is 2.95. The smallest absolute Gasteiger partial charge is 0.0593 e. The number of alkyl halides is 1. The second-order valence-corrected chi connectivity index (χ2v) is 4.72. The molecule has 1 fully saturated rings. The third kappa shape index (κ3) is 5.32. The molecule has 0 spiro atoms. The first kappa shape index (κ1) is 12.5. The number of rotatable bonds is 9. The van der Waals surface area contributed by atoms with Gasteiger partial charge in [0.15, 0.2) is 0 Å². The molecule has 0 radical (unpaired) electrons. The SMILES string of the molecule is CCCCOCCN(CCBr)C1CC1. The fraction of sp³-hybridized carbons (Fsp3) is 1.00. The highest BCUT2D eigenvalue weighted by atomic mass is 79.9. The molecule has 3 heteroatoms. The summed E-state index contributed by atoms with van der Waals surface area (Å²) in [7, 11) is 0. The molecule has 14 heavy (non-hydrogen) atoms. The minimum Gasteiger partial charge on any atom is -0.380 e. The Morgan fingerprint density at radius 3 is 2.64 bits per heavy atom. The summed E-state index contributed by atoms with van der Waals surface area (Å²) in [6, 6.07) is 0.863. The monoisotopic (exact) mass is 263 g/mol. The molecular formula is C11H22BrNO. The predicted molar refractivity (Wildman–Crippen MR) is 64.1 cm³/mol. The fourth-order valence-corrected chi connectivity index (χ4v) is 2.01. The van der Waals surface area contributed by atoms with Gasteiger partial charge in [-0.1, -0.05) is 29.3 Å². The third-order valence-electron chi connectivity index (χ3n) is 2.60. The van der Waals surface area contributed by atoms with Crippen molar-refractivity contribution < 1.29 is 4.74 Å². The van der Waals surface area contributed by atoms with Crippen LogP contribution in [0.15, 0.2) is 0 Å². The Labute approximate surface area is 96.1 Å². The average molecular weight is 264 g/mol. The lowest BCUT2D eigenvalue weighted by Crippen LogP contribution is -2.31. The van der Waals surface area contributed by atoms with Gasteiger partial charge in [0.2, 0.25) is 0 Å². The number of hydrogen-bond acceptors (Lipinski definition) is 2. The summed E-state index contributed by atoms with van der Waals surface area (Å²) in [4.78, 5) is 2.54. The van der Waals surface area contributed by atoms with Gasteiger partial charge in [-0.3, -0.25) is 4.90 Å². The van der Waals surface area contributed by atoms with Crippen LogP contribution in [0.25, 0.3) is 0 Å². The first-order valence-corrected chi connectivity index (χ1v) is 6.88. The molecule has 0 aromatic rings. The van der Waals surface area contributed by atoms with Crippen molar-refractivity contribution >= 4 is 15.9 Å². The van der Waals surface area contributed by atoms with Crippen LogP contribution in [0.3, 0.4) is 0 Å². The van der Waals surface area contributed by atoms with Crippen LogP contribution in [0, 0.1) is 0 Å². The summed E-state index contributed by atoms with van der Waals surface area (Å²) >= 11 is 3.50. The van der Waals surface area contributed by atoms with Gasteiger partial charge >= 0.3 is 0 Å². The quantitative estimate of drug-likeness (QED) is 0.469. The van der Waals surface area contributed by atoms with Crippen molar-refractivity contribution in [3.63, 3.8) is 0 Å². The number of nitrogens with zero attached hydrogens (tertiary/aromatic N) is 1. The molecule has 0 saturated heterocycles. The molecule has 0 heterocycles. The highest BCUT2D eigenvalue weighted by molar-refractivity contribution is 9.09. The van der Waals surface area contributed by atoms with Gasteiger partial charge < -0.3 is 4.74 Å². The summed E-state index contributed by atoms with van der Waals surface area (Å²) < 4.78 is 5.57. The molecule has 1 aliphatic carbocycles. The highest BCUT2D eigenvalue weighted by Gasteiger charge is 2.27. The van der Waals surface area contributed by atoms with Gasteiger partial charge in [0.05, 0.1) is 6.61 Å². The minimum atomic E-state index is 0.863. The van der Waals surface area contributed by atoms with Crippen molar-refractivity contribution in [3.05, 3.63) is 0 Å². The molecule has 0 N–H and O–H groups in total. The molecule has 0 aromatic carbocycles. The number of ether oxygens (including phenoxy) is 1. The molecule has 0 bridgehead atoms. The Morgan fingerprint density at radius 1 is 1.29 bits per heavy atom. The van der Waals surface area contributed by atoms with Crippen molar-refractivity contribution in [2.24, 2.45) is 0 Å². The van der Waals surface area contributed by atoms with Crippen LogP contribution < -0.4 is 0 Å². The van der Waals surface area contributed by atoms with E-state index in [4.69, 9.17) is 4.74 Å². The van der Waals surface area contributed by atoms with E-state index in [0.717, 1.165) is 31.1 Å². The molecule has 1 rings (SSSR count). The molecule has 0 unspecified atom stereocenters. The molecule has 1 saturated carbocycles. The number of halogens is 1. The van der Waals surface area contributed by atoms with E-state index in [9.17, 15) is 0 Å². The summed E-state index contributed by atoms with van der Waals surface area (Å²) in [5.41, 5.74) is 0. The zero-order valence-corrected chi connectivity index (χ0v) is 10.8. The first-order chi connectivity index (χ1) is 6.88. The van der Waals surface area contributed by atoms with E-state index in [1.54, 1.807) is 0 Å². The Hall–Kier alpha value is 0.400. The van der Waals surface area contributed by atoms with E-state index in [1.165, 1.54) is 32.2 Å². The summed E-state index contributed by atoms with van der Waals surface area (Å²) in [6.07, 6.45) is 5.21. The number of unbranched alkanes of at least 4 members (excludes halogenated alkanes) is 1. The van der Waals surface area contributed by atoms with E-state index in [0.29, 0.717) is 0 Å². The van der Waals surface area contributed by atoms with Crippen LogP contribution in [0.2, 0.25) is 0 Å². The van der Waals surface area contributed by atoms with E-state index < -0.39 is 0 Å². The zero-order valence-electron chi connectivity index (χ0n) is 9.17. The Morgan fingerprint density at radius 2 is 2.07 bits per heavy atom. The number of hydrogen-bond donors (Lipinski definition) is 0. The normalized spacial score (nSPS) is 16.5. The molecule has 0 aromatic heterocycles. The molecule has 0 aliphatic heterocycles. The largest absolute Gasteiger partial charge is 0.380 e. The lowest BCUT2D eigenvalue weighted by molar-refractivity contribution is 0.101. The van der Waals surface area contributed by atoms with Crippen LogP contribution in [0.1, 0.15) is 32.6 Å². The lowest BCUT2D eigenvalue weighted by Gasteiger charge is -2.20. The lowest BCUT2D eigenvalue weighted by atomic mass is 10.4. The molecule has 2 nitrogen and oxygen atoms in total. The van der Waals surface area contributed by atoms with E-state index in [1.807, 2.05) is 0 Å². The van der Waals surface area contributed by atoms with Gasteiger partial charge in [-0.15, -0.1) is 0 Å². The van der Waals surface area contributed by atoms with Gasteiger partial charge in [0.1, 0.15) is 0 Å². The van der Waals surface area contributed by atoms with E-state index in [-0.39, 0.29) is 0 Å². The van der Waals surface area contributed by atoms with Crippen LogP contribution in [-0.2, 0) is 4.74 Å². The minimum absolute atomic E-state index is 0.863. The summed E-state index contributed by atoms with van der Waals surface area (Å²) in [6.45, 7) is 6.32. The van der Waals surface area contributed by atoms with Crippen molar-refractivity contribution in [1.29, 1.82) is 0 Å². The topological polar surface area (TPSA) is 12.5 Å². The highest BCUT2D eigenvalue weighted by Crippen LogP contribution is 2.26. The molecular weight excluding hydrogens is 242 g/mol. The second kappa shape index (κ2) is 7.66. The first-order valence-electron chi connectivity index (χ1n) is 5.76. The standard InChI is InChI=1S/C11H22BrNO/c1-2-3-9-14-10-8-13(7-6-12)11-4-5-11/h11H,2-10H2,1H3. The predicted octanol–water partition coefficient (Wildman–Crippen LogP) is 2.66. The van der Waals surface area contributed by atoms with Gasteiger partial charge in [-0.05, 0) is 19.3 Å². The average Bonchev–Trinajstić information content (AvgIpc) is 2.99.